The van der Waals surface area contributed by atoms with Gasteiger partial charge in [-0.2, -0.15) is 13.4 Å². The van der Waals surface area contributed by atoms with Crippen LogP contribution in [-0.2, 0) is 14.8 Å². The normalized spacial score (nSPS) is 14.9. The van der Waals surface area contributed by atoms with E-state index >= 15 is 0 Å². The molecule has 1 N–H and O–H groups in total. The number of halogens is 4. The number of carbonyl (C=O) groups excluding carboxylic acids is 1. The van der Waals surface area contributed by atoms with Crippen LogP contribution in [-0.4, -0.2) is 51.4 Å². The number of nitrogens with zero attached hydrogens (tertiary/aromatic N) is 5. The summed E-state index contributed by atoms with van der Waals surface area (Å²) in [5, 5.41) is 3.10. The van der Waals surface area contributed by atoms with E-state index in [4.69, 9.17) is 27.9 Å². The molecule has 38 heavy (non-hydrogen) atoms. The number of aryl methyl sites for hydroxylation is 1. The summed E-state index contributed by atoms with van der Waals surface area (Å²) < 4.78 is 59.8. The topological polar surface area (TPSA) is 119 Å². The maximum atomic E-state index is 13.5. The van der Waals surface area contributed by atoms with Gasteiger partial charge in [0.05, 0.1) is 11.7 Å². The molecule has 3 heterocycles. The van der Waals surface area contributed by atoms with E-state index in [0.29, 0.717) is 18.1 Å². The molecule has 1 atom stereocenters. The lowest BCUT2D eigenvalue weighted by Gasteiger charge is -2.35. The maximum absolute atomic E-state index is 13.5. The highest BCUT2D eigenvalue weighted by molar-refractivity contribution is 7.92. The predicted octanol–water partition coefficient (Wildman–Crippen LogP) is 4.12. The fourth-order valence-electron chi connectivity index (χ4n) is 3.48. The van der Waals surface area contributed by atoms with Gasteiger partial charge in [-0.3, -0.25) is 9.52 Å². The highest BCUT2D eigenvalue weighted by Gasteiger charge is 2.32. The SMILES string of the molecule is CC1COc2ccccc2N1C(=O)C(Cl)Cl.Cc1ccn2nc(S(=O)(=O)Nc3c(F)cccc3F)nc2n1. The van der Waals surface area contributed by atoms with Gasteiger partial charge in [0.25, 0.3) is 26.9 Å². The number of hydrogen-bond acceptors (Lipinski definition) is 7. The van der Waals surface area contributed by atoms with Gasteiger partial charge < -0.3 is 9.64 Å². The third-order valence-corrected chi connectivity index (χ3v) is 6.74. The van der Waals surface area contributed by atoms with Crippen LogP contribution in [0.25, 0.3) is 5.78 Å². The minimum Gasteiger partial charge on any atom is -0.489 e. The van der Waals surface area contributed by atoms with Crippen molar-refractivity contribution in [2.45, 2.75) is 29.9 Å². The Balaban J connectivity index is 0.000000186. The van der Waals surface area contributed by atoms with Crippen LogP contribution in [0.4, 0.5) is 20.2 Å². The van der Waals surface area contributed by atoms with Crippen LogP contribution in [0.5, 0.6) is 5.75 Å². The molecule has 0 saturated heterocycles. The molecule has 2 aromatic carbocycles. The molecule has 10 nitrogen and oxygen atoms in total. The lowest BCUT2D eigenvalue weighted by molar-refractivity contribution is -0.117. The summed E-state index contributed by atoms with van der Waals surface area (Å²) >= 11 is 11.3. The van der Waals surface area contributed by atoms with Crippen LogP contribution < -0.4 is 14.4 Å². The third-order valence-electron chi connectivity index (χ3n) is 5.24. The molecule has 15 heteroatoms. The number of fused-ring (bicyclic) bond motifs is 2. The summed E-state index contributed by atoms with van der Waals surface area (Å²) in [6, 6.07) is 11.9. The minimum absolute atomic E-state index is 0.0642. The molecule has 0 bridgehead atoms. The zero-order valence-electron chi connectivity index (χ0n) is 19.8. The molecule has 1 unspecified atom stereocenters. The van der Waals surface area contributed by atoms with Crippen molar-refractivity contribution in [3.05, 3.63) is 72.1 Å². The van der Waals surface area contributed by atoms with Gasteiger partial charge in [-0.1, -0.05) is 41.4 Å². The summed E-state index contributed by atoms with van der Waals surface area (Å²) in [6.07, 6.45) is 1.48. The number of aromatic nitrogens is 4. The standard InChI is InChI=1S/C12H9F2N5O2S.C11H11Cl2NO2/c1-7-5-6-19-11(15-7)16-12(17-19)22(20,21)18-10-8(13)3-2-4-9(10)14;1-7-6-16-9-5-3-2-4-8(9)14(7)11(15)10(12)13/h2-6,18H,1H3;2-5,7,10H,6H2,1H3. The number of amides is 1. The van der Waals surface area contributed by atoms with Crippen LogP contribution >= 0.6 is 23.2 Å². The average molecular weight is 585 g/mol. The molecule has 0 fully saturated rings. The van der Waals surface area contributed by atoms with Gasteiger partial charge in [-0.05, 0) is 44.2 Å². The van der Waals surface area contributed by atoms with Gasteiger partial charge in [0.15, 0.2) is 4.84 Å². The lowest BCUT2D eigenvalue weighted by Crippen LogP contribution is -2.47. The Bertz CT molecular complexity index is 1580. The molecule has 2 aromatic heterocycles. The Labute approximate surface area is 226 Å². The van der Waals surface area contributed by atoms with Crippen LogP contribution in [0.15, 0.2) is 59.9 Å². The molecular weight excluding hydrogens is 565 g/mol. The molecule has 1 aliphatic heterocycles. The largest absolute Gasteiger partial charge is 0.489 e. The number of anilines is 2. The van der Waals surface area contributed by atoms with Crippen molar-refractivity contribution >= 4 is 56.3 Å². The number of carbonyl (C=O) groups is 1. The van der Waals surface area contributed by atoms with Gasteiger partial charge in [-0.15, -0.1) is 5.10 Å². The first-order valence-corrected chi connectivity index (χ1v) is 13.3. The average Bonchev–Trinajstić information content (AvgIpc) is 3.31. The second kappa shape index (κ2) is 11.1. The highest BCUT2D eigenvalue weighted by Crippen LogP contribution is 2.34. The summed E-state index contributed by atoms with van der Waals surface area (Å²) in [5.41, 5.74) is 0.556. The van der Waals surface area contributed by atoms with Crippen LogP contribution in [0.1, 0.15) is 12.6 Å². The first-order chi connectivity index (χ1) is 18.0. The van der Waals surface area contributed by atoms with Crippen LogP contribution in [0.2, 0.25) is 0 Å². The molecule has 0 aliphatic carbocycles. The lowest BCUT2D eigenvalue weighted by atomic mass is 10.1. The number of nitrogens with one attached hydrogen (secondary N) is 1. The fourth-order valence-corrected chi connectivity index (χ4v) is 4.64. The van der Waals surface area contributed by atoms with Crippen molar-refractivity contribution in [3.8, 4) is 5.75 Å². The molecule has 1 amide bonds. The Morgan fingerprint density at radius 1 is 1.11 bits per heavy atom. The van der Waals surface area contributed by atoms with Crippen molar-refractivity contribution in [3.63, 3.8) is 0 Å². The first kappa shape index (κ1) is 27.5. The summed E-state index contributed by atoms with van der Waals surface area (Å²) in [4.78, 5) is 20.2. The van der Waals surface area contributed by atoms with Crippen molar-refractivity contribution in [2.24, 2.45) is 0 Å². The predicted molar refractivity (Wildman–Crippen MR) is 137 cm³/mol. The number of ether oxygens (including phenoxy) is 1. The van der Waals surface area contributed by atoms with Crippen molar-refractivity contribution in [1.29, 1.82) is 0 Å². The number of rotatable bonds is 4. The number of hydrogen-bond donors (Lipinski definition) is 1. The summed E-state index contributed by atoms with van der Waals surface area (Å²) in [6.45, 7) is 4.04. The second-order valence-corrected chi connectivity index (χ2v) is 10.7. The highest BCUT2D eigenvalue weighted by atomic mass is 35.5. The molecule has 0 radical (unpaired) electrons. The van der Waals surface area contributed by atoms with E-state index in [1.807, 2.05) is 31.2 Å². The minimum atomic E-state index is -4.35. The van der Waals surface area contributed by atoms with Crippen molar-refractivity contribution < 1.29 is 26.7 Å². The number of sulfonamides is 1. The van der Waals surface area contributed by atoms with E-state index in [1.54, 1.807) is 22.6 Å². The molecule has 0 saturated carbocycles. The van der Waals surface area contributed by atoms with E-state index in [2.05, 4.69) is 15.1 Å². The first-order valence-electron chi connectivity index (χ1n) is 11.0. The molecule has 4 aromatic rings. The fraction of sp³-hybridized carbons (Fsp3) is 0.217. The molecular formula is C23H20Cl2F2N6O4S. The van der Waals surface area contributed by atoms with E-state index < -0.39 is 37.3 Å². The maximum Gasteiger partial charge on any atom is 0.299 e. The Morgan fingerprint density at radius 2 is 1.79 bits per heavy atom. The van der Waals surface area contributed by atoms with Crippen molar-refractivity contribution in [2.75, 3.05) is 16.2 Å². The molecule has 200 valence electrons. The Hall–Kier alpha value is -3.55. The van der Waals surface area contributed by atoms with E-state index in [1.165, 1.54) is 6.20 Å². The number of para-hydroxylation sites is 3. The molecule has 5 rings (SSSR count). The number of benzene rings is 2. The second-order valence-electron chi connectivity index (χ2n) is 8.05. The van der Waals surface area contributed by atoms with Gasteiger partial charge in [0, 0.05) is 11.9 Å². The zero-order valence-corrected chi connectivity index (χ0v) is 22.2. The monoisotopic (exact) mass is 584 g/mol. The smallest absolute Gasteiger partial charge is 0.299 e. The zero-order chi connectivity index (χ0) is 27.6. The van der Waals surface area contributed by atoms with Crippen LogP contribution in [0.3, 0.4) is 0 Å². The van der Waals surface area contributed by atoms with Gasteiger partial charge in [0.2, 0.25) is 0 Å². The molecule has 1 aliphatic rings. The Kier molecular flexibility index (Phi) is 7.99. The van der Waals surface area contributed by atoms with Crippen molar-refractivity contribution in [1.82, 2.24) is 19.6 Å². The van der Waals surface area contributed by atoms with E-state index in [9.17, 15) is 22.0 Å². The van der Waals surface area contributed by atoms with Gasteiger partial charge >= 0.3 is 0 Å². The van der Waals surface area contributed by atoms with Gasteiger partial charge in [-0.25, -0.2) is 18.3 Å². The third kappa shape index (κ3) is 5.79. The Morgan fingerprint density at radius 3 is 2.47 bits per heavy atom. The summed E-state index contributed by atoms with van der Waals surface area (Å²) in [7, 11) is -4.35. The summed E-state index contributed by atoms with van der Waals surface area (Å²) in [5.74, 6) is -1.65. The van der Waals surface area contributed by atoms with E-state index in [-0.39, 0.29) is 17.7 Å². The van der Waals surface area contributed by atoms with Crippen LogP contribution in [0, 0.1) is 18.6 Å². The molecule has 0 spiro atoms. The van der Waals surface area contributed by atoms with E-state index in [0.717, 1.165) is 28.4 Å². The number of alkyl halides is 2. The quantitative estimate of drug-likeness (QED) is 0.358. The van der Waals surface area contributed by atoms with Gasteiger partial charge in [0.1, 0.15) is 29.7 Å².